The molecule has 0 aliphatic carbocycles. The lowest BCUT2D eigenvalue weighted by atomic mass is 10.00. The first-order chi connectivity index (χ1) is 8.50. The Hall–Kier alpha value is -1.42. The van der Waals surface area contributed by atoms with Crippen molar-refractivity contribution in [1.29, 1.82) is 0 Å². The van der Waals surface area contributed by atoms with Gasteiger partial charge >= 0.3 is 0 Å². The van der Waals surface area contributed by atoms with Gasteiger partial charge in [0.1, 0.15) is 5.82 Å². The third-order valence-corrected chi connectivity index (χ3v) is 3.53. The topological polar surface area (TPSA) is 41.1 Å². The first kappa shape index (κ1) is 13.0. The molecule has 2 N–H and O–H groups in total. The van der Waals surface area contributed by atoms with Crippen LogP contribution in [-0.4, -0.2) is 24.5 Å². The number of amides is 1. The number of hydrogen-bond acceptors (Lipinski definition) is 2. The second-order valence-electron chi connectivity index (χ2n) is 5.23. The normalized spacial score (nSPS) is 23.1. The number of benzene rings is 1. The summed E-state index contributed by atoms with van der Waals surface area (Å²) >= 11 is 0. The van der Waals surface area contributed by atoms with Gasteiger partial charge in [-0.1, -0.05) is 0 Å². The Morgan fingerprint density at radius 1 is 1.56 bits per heavy atom. The molecule has 1 amide bonds. The number of aryl methyl sites for hydroxylation is 1. The highest BCUT2D eigenvalue weighted by atomic mass is 19.1. The summed E-state index contributed by atoms with van der Waals surface area (Å²) in [5.74, 6) is -0.448. The summed E-state index contributed by atoms with van der Waals surface area (Å²) in [5.41, 5.74) is 1.19. The van der Waals surface area contributed by atoms with Crippen molar-refractivity contribution in [2.45, 2.75) is 32.2 Å². The minimum absolute atomic E-state index is 0.0103. The number of hydrogen-bond donors (Lipinski definition) is 2. The number of halogens is 1. The third kappa shape index (κ3) is 2.88. The molecule has 1 aromatic rings. The molecule has 18 heavy (non-hydrogen) atoms. The second-order valence-corrected chi connectivity index (χ2v) is 5.23. The second kappa shape index (κ2) is 5.06. The molecule has 0 saturated carbocycles. The van der Waals surface area contributed by atoms with Crippen LogP contribution in [0.2, 0.25) is 0 Å². The summed E-state index contributed by atoms with van der Waals surface area (Å²) in [4.78, 5) is 12.0. The van der Waals surface area contributed by atoms with Crippen molar-refractivity contribution in [2.75, 3.05) is 13.1 Å². The summed E-state index contributed by atoms with van der Waals surface area (Å²) < 4.78 is 13.0. The van der Waals surface area contributed by atoms with E-state index in [9.17, 15) is 9.18 Å². The van der Waals surface area contributed by atoms with Crippen molar-refractivity contribution in [2.24, 2.45) is 0 Å². The van der Waals surface area contributed by atoms with Gasteiger partial charge in [0.25, 0.3) is 5.91 Å². The van der Waals surface area contributed by atoms with Crippen molar-refractivity contribution in [1.82, 2.24) is 10.6 Å². The molecule has 0 spiro atoms. The monoisotopic (exact) mass is 250 g/mol. The predicted octanol–water partition coefficient (Wildman–Crippen LogP) is 2.01. The molecular formula is C14H19FN2O. The van der Waals surface area contributed by atoms with Gasteiger partial charge in [0.15, 0.2) is 0 Å². The van der Waals surface area contributed by atoms with E-state index in [1.807, 2.05) is 0 Å². The molecule has 1 aliphatic rings. The standard InChI is InChI=1S/C14H19FN2O/c1-10-8-11(15)4-5-12(10)13(18)16-9-14(2)6-3-7-17-14/h4-5,8,17H,3,6-7,9H2,1-2H3,(H,16,18). The molecule has 1 saturated heterocycles. The van der Waals surface area contributed by atoms with Gasteiger partial charge in [-0.15, -0.1) is 0 Å². The number of nitrogens with one attached hydrogen (secondary N) is 2. The number of carbonyl (C=O) groups excluding carboxylic acids is 1. The molecular weight excluding hydrogens is 231 g/mol. The molecule has 1 aliphatic heterocycles. The fourth-order valence-corrected chi connectivity index (χ4v) is 2.36. The largest absolute Gasteiger partial charge is 0.350 e. The van der Waals surface area contributed by atoms with Gasteiger partial charge in [0, 0.05) is 17.6 Å². The lowest BCUT2D eigenvalue weighted by molar-refractivity contribution is 0.0942. The first-order valence-corrected chi connectivity index (χ1v) is 6.30. The average molecular weight is 250 g/mol. The highest BCUT2D eigenvalue weighted by molar-refractivity contribution is 5.95. The molecule has 4 heteroatoms. The molecule has 1 unspecified atom stereocenters. The van der Waals surface area contributed by atoms with Crippen LogP contribution in [-0.2, 0) is 0 Å². The van der Waals surface area contributed by atoms with Crippen molar-refractivity contribution in [3.63, 3.8) is 0 Å². The van der Waals surface area contributed by atoms with E-state index in [4.69, 9.17) is 0 Å². The molecule has 1 heterocycles. The van der Waals surface area contributed by atoms with Crippen LogP contribution in [0.25, 0.3) is 0 Å². The summed E-state index contributed by atoms with van der Waals surface area (Å²) in [7, 11) is 0. The van der Waals surface area contributed by atoms with Crippen LogP contribution in [0.1, 0.15) is 35.7 Å². The van der Waals surface area contributed by atoms with E-state index in [-0.39, 0.29) is 17.3 Å². The summed E-state index contributed by atoms with van der Waals surface area (Å²) in [6.07, 6.45) is 2.21. The Labute approximate surface area is 107 Å². The minimum atomic E-state index is -0.312. The molecule has 1 atom stereocenters. The zero-order chi connectivity index (χ0) is 13.2. The molecule has 1 fully saturated rings. The van der Waals surface area contributed by atoms with E-state index in [0.29, 0.717) is 17.7 Å². The number of rotatable bonds is 3. The molecule has 0 aromatic heterocycles. The van der Waals surface area contributed by atoms with E-state index >= 15 is 0 Å². The van der Waals surface area contributed by atoms with Gasteiger partial charge in [-0.25, -0.2) is 4.39 Å². The smallest absolute Gasteiger partial charge is 0.251 e. The van der Waals surface area contributed by atoms with Crippen LogP contribution >= 0.6 is 0 Å². The van der Waals surface area contributed by atoms with Gasteiger partial charge < -0.3 is 10.6 Å². The first-order valence-electron chi connectivity index (χ1n) is 6.30. The highest BCUT2D eigenvalue weighted by Gasteiger charge is 2.28. The highest BCUT2D eigenvalue weighted by Crippen LogP contribution is 2.17. The molecule has 1 aromatic carbocycles. The molecule has 0 radical (unpaired) electrons. The van der Waals surface area contributed by atoms with Gasteiger partial charge in [-0.05, 0) is 57.0 Å². The third-order valence-electron chi connectivity index (χ3n) is 3.53. The maximum Gasteiger partial charge on any atom is 0.251 e. The van der Waals surface area contributed by atoms with E-state index in [1.165, 1.54) is 18.2 Å². The summed E-state index contributed by atoms with van der Waals surface area (Å²) in [5, 5.41) is 6.31. The fourth-order valence-electron chi connectivity index (χ4n) is 2.36. The van der Waals surface area contributed by atoms with Crippen LogP contribution in [0.3, 0.4) is 0 Å². The quantitative estimate of drug-likeness (QED) is 0.861. The van der Waals surface area contributed by atoms with Crippen LogP contribution in [0.5, 0.6) is 0 Å². The Morgan fingerprint density at radius 3 is 2.94 bits per heavy atom. The molecule has 98 valence electrons. The van der Waals surface area contributed by atoms with Crippen LogP contribution in [0.4, 0.5) is 4.39 Å². The zero-order valence-corrected chi connectivity index (χ0v) is 10.8. The van der Waals surface area contributed by atoms with E-state index in [2.05, 4.69) is 17.6 Å². The Morgan fingerprint density at radius 2 is 2.33 bits per heavy atom. The predicted molar refractivity (Wildman–Crippen MR) is 69.1 cm³/mol. The zero-order valence-electron chi connectivity index (χ0n) is 10.8. The SMILES string of the molecule is Cc1cc(F)ccc1C(=O)NCC1(C)CCCN1. The van der Waals surface area contributed by atoms with Crippen molar-refractivity contribution in [3.8, 4) is 0 Å². The van der Waals surface area contributed by atoms with Crippen molar-refractivity contribution < 1.29 is 9.18 Å². The van der Waals surface area contributed by atoms with Gasteiger partial charge in [-0.2, -0.15) is 0 Å². The lowest BCUT2D eigenvalue weighted by Crippen LogP contribution is -2.47. The summed E-state index contributed by atoms with van der Waals surface area (Å²) in [6.45, 7) is 5.45. The molecule has 2 rings (SSSR count). The van der Waals surface area contributed by atoms with E-state index in [1.54, 1.807) is 6.92 Å². The number of carbonyl (C=O) groups is 1. The summed E-state index contributed by atoms with van der Waals surface area (Å²) in [6, 6.07) is 4.23. The molecule has 3 nitrogen and oxygen atoms in total. The van der Waals surface area contributed by atoms with Crippen molar-refractivity contribution in [3.05, 3.63) is 35.1 Å². The maximum atomic E-state index is 13.0. The molecule has 0 bridgehead atoms. The van der Waals surface area contributed by atoms with Crippen molar-refractivity contribution >= 4 is 5.91 Å². The van der Waals surface area contributed by atoms with Crippen LogP contribution in [0.15, 0.2) is 18.2 Å². The minimum Gasteiger partial charge on any atom is -0.350 e. The fraction of sp³-hybridized carbons (Fsp3) is 0.500. The Balaban J connectivity index is 1.99. The average Bonchev–Trinajstić information content (AvgIpc) is 2.74. The van der Waals surface area contributed by atoms with Crippen LogP contribution < -0.4 is 10.6 Å². The van der Waals surface area contributed by atoms with Gasteiger partial charge in [-0.3, -0.25) is 4.79 Å². The maximum absolute atomic E-state index is 13.0. The van der Waals surface area contributed by atoms with Gasteiger partial charge in [0.2, 0.25) is 0 Å². The Bertz CT molecular complexity index is 453. The lowest BCUT2D eigenvalue weighted by Gasteiger charge is -2.24. The van der Waals surface area contributed by atoms with E-state index in [0.717, 1.165) is 19.4 Å². The van der Waals surface area contributed by atoms with E-state index < -0.39 is 0 Å². The van der Waals surface area contributed by atoms with Crippen LogP contribution in [0, 0.1) is 12.7 Å². The van der Waals surface area contributed by atoms with Gasteiger partial charge in [0.05, 0.1) is 0 Å². The Kier molecular flexibility index (Phi) is 3.66.